The van der Waals surface area contributed by atoms with Gasteiger partial charge >= 0.3 is 4.80 Å². The Morgan fingerprint density at radius 2 is 1.60 bits per heavy atom. The molecule has 0 bridgehead atoms. The molecule has 3 aromatic carbocycles. The minimum atomic E-state index is -3.25. The van der Waals surface area contributed by atoms with E-state index in [1.54, 1.807) is 24.3 Å². The van der Waals surface area contributed by atoms with Crippen LogP contribution >= 0.6 is 10.5 Å². The van der Waals surface area contributed by atoms with Gasteiger partial charge in [-0.25, -0.2) is 17.8 Å². The summed E-state index contributed by atoms with van der Waals surface area (Å²) in [4.78, 5) is 10.2. The Labute approximate surface area is 177 Å². The molecule has 0 aliphatic rings. The first-order valence-electron chi connectivity index (χ1n) is 9.26. The Balaban J connectivity index is 1.79. The number of hydrogen-bond donors (Lipinski definition) is 1. The number of hydrogen-bond acceptors (Lipinski definition) is 3. The van der Waals surface area contributed by atoms with Gasteiger partial charge in [-0.3, -0.25) is 4.98 Å². The van der Waals surface area contributed by atoms with Crippen LogP contribution in [0.1, 0.15) is 5.56 Å². The molecule has 1 aromatic heterocycles. The molecule has 0 aliphatic carbocycles. The molecular weight excluding hydrogens is 419 g/mol. The second kappa shape index (κ2) is 8.38. The van der Waals surface area contributed by atoms with Crippen molar-refractivity contribution >= 4 is 20.3 Å². The van der Waals surface area contributed by atoms with Gasteiger partial charge in [0.1, 0.15) is 11.5 Å². The van der Waals surface area contributed by atoms with Gasteiger partial charge in [-0.05, 0) is 54.1 Å². The summed E-state index contributed by atoms with van der Waals surface area (Å²) in [5.41, 5.74) is 2.82. The number of rotatable bonds is 5. The molecule has 1 atom stereocenters. The van der Waals surface area contributed by atoms with Crippen molar-refractivity contribution in [3.05, 3.63) is 100 Å². The van der Waals surface area contributed by atoms with Crippen LogP contribution in [0, 0.1) is 5.82 Å². The maximum Gasteiger partial charge on any atom is 0.345 e. The van der Waals surface area contributed by atoms with E-state index in [1.807, 2.05) is 42.5 Å². The van der Waals surface area contributed by atoms with Crippen LogP contribution in [0.3, 0.4) is 0 Å². The minimum Gasteiger partial charge on any atom is -0.290 e. The number of thiazole rings is 1. The topological polar surface area (TPSA) is 62.3 Å². The highest BCUT2D eigenvalue weighted by Gasteiger charge is 2.19. The van der Waals surface area contributed by atoms with Crippen LogP contribution in [0.15, 0.2) is 94.1 Å². The van der Waals surface area contributed by atoms with E-state index in [4.69, 9.17) is 4.99 Å². The van der Waals surface area contributed by atoms with E-state index in [1.165, 1.54) is 18.4 Å². The summed E-state index contributed by atoms with van der Waals surface area (Å²) in [6.07, 6.45) is 1.20. The number of H-pyrrole nitrogens is 1. The van der Waals surface area contributed by atoms with Crippen molar-refractivity contribution in [3.63, 3.8) is 0 Å². The van der Waals surface area contributed by atoms with Gasteiger partial charge in [0.2, 0.25) is 0 Å². The van der Waals surface area contributed by atoms with Gasteiger partial charge in [0.25, 0.3) is 0 Å². The number of sulfone groups is 1. The molecule has 1 unspecified atom stereocenters. The first-order chi connectivity index (χ1) is 14.4. The fraction of sp³-hybridized carbons (Fsp3) is 0.0870. The zero-order chi connectivity index (χ0) is 21.1. The van der Waals surface area contributed by atoms with Gasteiger partial charge in [-0.15, -0.1) is 0 Å². The summed E-state index contributed by atoms with van der Waals surface area (Å²) in [6, 6.07) is 23.1. The Bertz CT molecular complexity index is 1320. The van der Waals surface area contributed by atoms with Crippen molar-refractivity contribution in [1.29, 1.82) is 0 Å². The third-order valence-corrected chi connectivity index (χ3v) is 7.62. The van der Waals surface area contributed by atoms with Crippen LogP contribution in [0.2, 0.25) is 0 Å². The van der Waals surface area contributed by atoms with Crippen LogP contribution in [0.4, 0.5) is 4.39 Å². The number of aromatic amines is 1. The van der Waals surface area contributed by atoms with E-state index in [9.17, 15) is 12.8 Å². The Hall–Kier alpha value is -3.03. The van der Waals surface area contributed by atoms with Gasteiger partial charge in [0.05, 0.1) is 21.9 Å². The molecule has 0 aliphatic heterocycles. The molecule has 4 aromatic rings. The summed E-state index contributed by atoms with van der Waals surface area (Å²) in [7, 11) is -3.74. The lowest BCUT2D eigenvalue weighted by atomic mass is 10.2. The van der Waals surface area contributed by atoms with Crippen molar-refractivity contribution < 1.29 is 12.8 Å². The average Bonchev–Trinajstić information content (AvgIpc) is 3.17. The fourth-order valence-electron chi connectivity index (χ4n) is 3.01. The predicted octanol–water partition coefficient (Wildman–Crippen LogP) is 5.06. The lowest BCUT2D eigenvalue weighted by molar-refractivity contribution is 0.602. The summed E-state index contributed by atoms with van der Waals surface area (Å²) in [6.45, 7) is 0.526. The lowest BCUT2D eigenvalue weighted by Crippen LogP contribution is -2.03. The third kappa shape index (κ3) is 4.58. The predicted molar refractivity (Wildman–Crippen MR) is 119 cm³/mol. The summed E-state index contributed by atoms with van der Waals surface area (Å²) < 4.78 is 36.9. The number of nitrogens with one attached hydrogen (secondary N) is 1. The highest BCUT2D eigenvalue weighted by molar-refractivity contribution is 7.90. The Morgan fingerprint density at radius 1 is 0.933 bits per heavy atom. The Kier molecular flexibility index (Phi) is 5.65. The van der Waals surface area contributed by atoms with Gasteiger partial charge in [0.15, 0.2) is 20.1 Å². The lowest BCUT2D eigenvalue weighted by Gasteiger charge is -1.97. The molecule has 0 saturated carbocycles. The van der Waals surface area contributed by atoms with E-state index < -0.39 is 20.3 Å². The van der Waals surface area contributed by atoms with Gasteiger partial charge in [-0.1, -0.05) is 30.3 Å². The molecule has 1 N–H and O–H groups in total. The third-order valence-electron chi connectivity index (χ3n) is 4.59. The SMILES string of the molecule is CS(=O)(=O)c1ccc(-[s+]2cc(-c3ccc(F)cc3)[nH]c2=NCc2ccccc2)cc1. The fourth-order valence-corrected chi connectivity index (χ4v) is 5.40. The summed E-state index contributed by atoms with van der Waals surface area (Å²) >= 11 is 0. The van der Waals surface area contributed by atoms with Crippen molar-refractivity contribution in [2.75, 3.05) is 6.26 Å². The first kappa shape index (κ1) is 20.3. The molecule has 1 heterocycles. The van der Waals surface area contributed by atoms with E-state index in [0.29, 0.717) is 6.54 Å². The van der Waals surface area contributed by atoms with E-state index >= 15 is 0 Å². The molecule has 7 heteroatoms. The van der Waals surface area contributed by atoms with Gasteiger partial charge < -0.3 is 0 Å². The molecule has 30 heavy (non-hydrogen) atoms. The minimum absolute atomic E-state index is 0.285. The maximum atomic E-state index is 13.3. The smallest absolute Gasteiger partial charge is 0.290 e. The summed E-state index contributed by atoms with van der Waals surface area (Å²) in [5.74, 6) is -0.286. The molecule has 0 spiro atoms. The maximum absolute atomic E-state index is 13.3. The zero-order valence-electron chi connectivity index (χ0n) is 16.2. The van der Waals surface area contributed by atoms with Crippen LogP contribution in [0.5, 0.6) is 0 Å². The first-order valence-corrected chi connectivity index (χ1v) is 12.4. The molecule has 0 saturated heterocycles. The number of nitrogens with zero attached hydrogens (tertiary/aromatic N) is 1. The van der Waals surface area contributed by atoms with Crippen LogP contribution < -0.4 is 4.80 Å². The van der Waals surface area contributed by atoms with Crippen molar-refractivity contribution in [2.45, 2.75) is 11.4 Å². The van der Waals surface area contributed by atoms with Crippen molar-refractivity contribution in [3.8, 4) is 16.2 Å². The van der Waals surface area contributed by atoms with E-state index in [-0.39, 0.29) is 10.7 Å². The van der Waals surface area contributed by atoms with Gasteiger partial charge in [-0.2, -0.15) is 0 Å². The van der Waals surface area contributed by atoms with Crippen LogP contribution in [-0.4, -0.2) is 19.7 Å². The van der Waals surface area contributed by atoms with Crippen molar-refractivity contribution in [1.82, 2.24) is 4.98 Å². The molecule has 4 rings (SSSR count). The highest BCUT2D eigenvalue weighted by Crippen LogP contribution is 2.31. The van der Waals surface area contributed by atoms with Gasteiger partial charge in [0, 0.05) is 11.8 Å². The van der Waals surface area contributed by atoms with Crippen molar-refractivity contribution in [2.24, 2.45) is 4.99 Å². The normalized spacial score (nSPS) is 12.9. The second-order valence-electron chi connectivity index (χ2n) is 6.85. The summed E-state index contributed by atoms with van der Waals surface area (Å²) in [5, 5.41) is 2.06. The average molecular weight is 440 g/mol. The molecule has 4 nitrogen and oxygen atoms in total. The monoisotopic (exact) mass is 439 g/mol. The number of halogens is 1. The number of benzene rings is 3. The molecule has 152 valence electrons. The zero-order valence-corrected chi connectivity index (χ0v) is 17.9. The van der Waals surface area contributed by atoms with Crippen LogP contribution in [-0.2, 0) is 16.4 Å². The largest absolute Gasteiger partial charge is 0.345 e. The van der Waals surface area contributed by atoms with E-state index in [0.717, 1.165) is 26.5 Å². The quantitative estimate of drug-likeness (QED) is 0.442. The van der Waals surface area contributed by atoms with E-state index in [2.05, 4.69) is 10.4 Å². The molecule has 0 fully saturated rings. The molecular formula is C23H20FN2O2S2+. The standard InChI is InChI=1S/C23H20FN2O2S2/c1-30(27,28)21-13-11-20(12-14-21)29-16-22(18-7-9-19(24)10-8-18)26-23(29)25-15-17-5-3-2-4-6-17/h2-14,16H,15H2,1H3,(H,25,26)/q+1. The van der Waals surface area contributed by atoms with Crippen LogP contribution in [0.25, 0.3) is 16.2 Å². The molecule has 0 amide bonds. The second-order valence-corrected chi connectivity index (χ2v) is 10.6. The highest BCUT2D eigenvalue weighted by atomic mass is 32.2. The number of aromatic nitrogens is 1. The molecule has 0 radical (unpaired) electrons. The Morgan fingerprint density at radius 3 is 2.23 bits per heavy atom.